The lowest BCUT2D eigenvalue weighted by atomic mass is 9.97. The number of benzene rings is 2. The minimum Gasteiger partial charge on any atom is -0.0952 e. The van der Waals surface area contributed by atoms with Crippen molar-refractivity contribution in [3.8, 4) is 0 Å². The van der Waals surface area contributed by atoms with Crippen molar-refractivity contribution in [1.82, 2.24) is 0 Å². The van der Waals surface area contributed by atoms with Crippen LogP contribution in [0, 0.1) is 13.8 Å². The standard InChI is InChI=1S/C21H24/c1-16-8-12-20(13-9-16)18(3)6-5-7-19(4)21-14-10-17(2)11-15-21/h8-15H,3-7H2,1-2H3. The fourth-order valence-electron chi connectivity index (χ4n) is 2.38. The molecule has 0 aliphatic heterocycles. The van der Waals surface area contributed by atoms with Gasteiger partial charge >= 0.3 is 0 Å². The van der Waals surface area contributed by atoms with Crippen LogP contribution in [-0.4, -0.2) is 0 Å². The van der Waals surface area contributed by atoms with E-state index in [0.29, 0.717) is 0 Å². The number of allylic oxidation sites excluding steroid dienone is 2. The zero-order valence-corrected chi connectivity index (χ0v) is 13.2. The molecule has 0 N–H and O–H groups in total. The predicted octanol–water partition coefficient (Wildman–Crippen LogP) is 6.20. The van der Waals surface area contributed by atoms with Gasteiger partial charge in [-0.25, -0.2) is 0 Å². The van der Waals surface area contributed by atoms with Crippen molar-refractivity contribution in [1.29, 1.82) is 0 Å². The second-order valence-electron chi connectivity index (χ2n) is 5.79. The third-order valence-electron chi connectivity index (χ3n) is 3.88. The van der Waals surface area contributed by atoms with Gasteiger partial charge in [-0.05, 0) is 55.4 Å². The van der Waals surface area contributed by atoms with Crippen LogP contribution in [0.4, 0.5) is 0 Å². The molecule has 21 heavy (non-hydrogen) atoms. The van der Waals surface area contributed by atoms with Gasteiger partial charge in [0.1, 0.15) is 0 Å². The molecule has 2 rings (SSSR count). The molecule has 0 unspecified atom stereocenters. The molecule has 0 spiro atoms. The van der Waals surface area contributed by atoms with E-state index >= 15 is 0 Å². The molecule has 0 heterocycles. The summed E-state index contributed by atoms with van der Waals surface area (Å²) in [6.45, 7) is 12.6. The lowest BCUT2D eigenvalue weighted by molar-refractivity contribution is 0.894. The Morgan fingerprint density at radius 2 is 1.00 bits per heavy atom. The first-order valence-corrected chi connectivity index (χ1v) is 7.56. The van der Waals surface area contributed by atoms with Crippen LogP contribution >= 0.6 is 0 Å². The Morgan fingerprint density at radius 3 is 1.33 bits per heavy atom. The molecular weight excluding hydrogens is 252 g/mol. The highest BCUT2D eigenvalue weighted by Gasteiger charge is 2.02. The summed E-state index contributed by atoms with van der Waals surface area (Å²) in [5, 5.41) is 0. The van der Waals surface area contributed by atoms with Gasteiger partial charge in [-0.3, -0.25) is 0 Å². The first kappa shape index (κ1) is 15.3. The summed E-state index contributed by atoms with van der Waals surface area (Å²) < 4.78 is 0. The molecule has 2 aromatic carbocycles. The third-order valence-corrected chi connectivity index (χ3v) is 3.88. The largest absolute Gasteiger partial charge is 0.0952 e. The molecule has 0 atom stereocenters. The van der Waals surface area contributed by atoms with Crippen LogP contribution in [0.3, 0.4) is 0 Å². The lowest BCUT2D eigenvalue weighted by Crippen LogP contribution is -1.87. The fourth-order valence-corrected chi connectivity index (χ4v) is 2.38. The van der Waals surface area contributed by atoms with Crippen molar-refractivity contribution in [2.24, 2.45) is 0 Å². The molecule has 0 bridgehead atoms. The van der Waals surface area contributed by atoms with Gasteiger partial charge in [0.05, 0.1) is 0 Å². The highest BCUT2D eigenvalue weighted by Crippen LogP contribution is 2.24. The van der Waals surface area contributed by atoms with Crippen LogP contribution < -0.4 is 0 Å². The number of aryl methyl sites for hydroxylation is 2. The minimum atomic E-state index is 1.02. The summed E-state index contributed by atoms with van der Waals surface area (Å²) in [5.41, 5.74) is 7.51. The monoisotopic (exact) mass is 276 g/mol. The molecule has 0 aliphatic rings. The molecule has 108 valence electrons. The van der Waals surface area contributed by atoms with E-state index in [-0.39, 0.29) is 0 Å². The van der Waals surface area contributed by atoms with Gasteiger partial charge in [-0.15, -0.1) is 0 Å². The van der Waals surface area contributed by atoms with Crippen molar-refractivity contribution < 1.29 is 0 Å². The summed E-state index contributed by atoms with van der Waals surface area (Å²) in [6, 6.07) is 17.2. The van der Waals surface area contributed by atoms with Gasteiger partial charge in [0.15, 0.2) is 0 Å². The fraction of sp³-hybridized carbons (Fsp3) is 0.238. The first-order chi connectivity index (χ1) is 10.1. The number of hydrogen-bond acceptors (Lipinski definition) is 0. The highest BCUT2D eigenvalue weighted by atomic mass is 14.1. The Bertz CT molecular complexity index is 555. The maximum absolute atomic E-state index is 4.21. The number of rotatable bonds is 6. The van der Waals surface area contributed by atoms with Crippen molar-refractivity contribution in [3.63, 3.8) is 0 Å². The van der Waals surface area contributed by atoms with E-state index in [1.165, 1.54) is 33.4 Å². The Hall–Kier alpha value is -2.08. The van der Waals surface area contributed by atoms with Crippen molar-refractivity contribution in [2.45, 2.75) is 33.1 Å². The van der Waals surface area contributed by atoms with Crippen LogP contribution in [0.1, 0.15) is 41.5 Å². The predicted molar refractivity (Wildman–Crippen MR) is 94.3 cm³/mol. The topological polar surface area (TPSA) is 0 Å². The SMILES string of the molecule is C=C(CCCC(=C)c1ccc(C)cc1)c1ccc(C)cc1. The molecule has 0 nitrogen and oxygen atoms in total. The van der Waals surface area contributed by atoms with Crippen LogP contribution in [-0.2, 0) is 0 Å². The molecule has 0 saturated carbocycles. The van der Waals surface area contributed by atoms with E-state index in [4.69, 9.17) is 0 Å². The molecule has 0 fully saturated rings. The summed E-state index contributed by atoms with van der Waals surface area (Å²) in [4.78, 5) is 0. The van der Waals surface area contributed by atoms with Gasteiger partial charge in [-0.2, -0.15) is 0 Å². The molecule has 0 saturated heterocycles. The van der Waals surface area contributed by atoms with Crippen molar-refractivity contribution in [2.75, 3.05) is 0 Å². The van der Waals surface area contributed by atoms with Crippen LogP contribution in [0.15, 0.2) is 61.7 Å². The van der Waals surface area contributed by atoms with E-state index in [2.05, 4.69) is 75.5 Å². The Morgan fingerprint density at radius 1 is 0.667 bits per heavy atom. The lowest BCUT2D eigenvalue weighted by Gasteiger charge is -2.09. The van der Waals surface area contributed by atoms with E-state index in [1.54, 1.807) is 0 Å². The van der Waals surface area contributed by atoms with Crippen LogP contribution in [0.25, 0.3) is 11.1 Å². The maximum Gasteiger partial charge on any atom is -0.0230 e. The summed E-state index contributed by atoms with van der Waals surface area (Å²) in [6.07, 6.45) is 3.14. The average Bonchev–Trinajstić information content (AvgIpc) is 2.48. The molecule has 0 radical (unpaired) electrons. The maximum atomic E-state index is 4.21. The summed E-state index contributed by atoms with van der Waals surface area (Å²) >= 11 is 0. The van der Waals surface area contributed by atoms with E-state index in [0.717, 1.165) is 19.3 Å². The van der Waals surface area contributed by atoms with Gasteiger partial charge in [0, 0.05) is 0 Å². The van der Waals surface area contributed by atoms with Gasteiger partial charge < -0.3 is 0 Å². The van der Waals surface area contributed by atoms with Gasteiger partial charge in [0.2, 0.25) is 0 Å². The second kappa shape index (κ2) is 7.08. The van der Waals surface area contributed by atoms with Gasteiger partial charge in [0.25, 0.3) is 0 Å². The van der Waals surface area contributed by atoms with Crippen LogP contribution in [0.2, 0.25) is 0 Å². The minimum absolute atomic E-state index is 1.02. The first-order valence-electron chi connectivity index (χ1n) is 7.56. The summed E-state index contributed by atoms with van der Waals surface area (Å²) in [7, 11) is 0. The smallest absolute Gasteiger partial charge is 0.0230 e. The average molecular weight is 276 g/mol. The summed E-state index contributed by atoms with van der Waals surface area (Å²) in [5.74, 6) is 0. The van der Waals surface area contributed by atoms with Crippen molar-refractivity contribution >= 4 is 11.1 Å². The molecular formula is C21H24. The highest BCUT2D eigenvalue weighted by molar-refractivity contribution is 5.65. The molecule has 0 aromatic heterocycles. The zero-order chi connectivity index (χ0) is 15.2. The van der Waals surface area contributed by atoms with E-state index in [9.17, 15) is 0 Å². The van der Waals surface area contributed by atoms with Gasteiger partial charge in [-0.1, -0.05) is 72.8 Å². The van der Waals surface area contributed by atoms with E-state index in [1.807, 2.05) is 0 Å². The number of hydrogen-bond donors (Lipinski definition) is 0. The molecule has 0 amide bonds. The molecule has 2 aromatic rings. The van der Waals surface area contributed by atoms with Crippen LogP contribution in [0.5, 0.6) is 0 Å². The zero-order valence-electron chi connectivity index (χ0n) is 13.2. The normalized spacial score (nSPS) is 10.4. The Balaban J connectivity index is 1.83. The molecule has 0 heteroatoms. The van der Waals surface area contributed by atoms with E-state index < -0.39 is 0 Å². The van der Waals surface area contributed by atoms with Crippen molar-refractivity contribution in [3.05, 3.63) is 83.9 Å². The Labute approximate surface area is 128 Å². The second-order valence-corrected chi connectivity index (χ2v) is 5.79. The quantitative estimate of drug-likeness (QED) is 0.589. The third kappa shape index (κ3) is 4.46. The Kier molecular flexibility index (Phi) is 5.16. The molecule has 0 aliphatic carbocycles.